The minimum absolute atomic E-state index is 0.605. The Kier molecular flexibility index (Phi) is 4.58. The average Bonchev–Trinajstić information content (AvgIpc) is 2.70. The van der Waals surface area contributed by atoms with Crippen molar-refractivity contribution in [2.75, 3.05) is 33.2 Å². The molecule has 0 atom stereocenters. The van der Waals surface area contributed by atoms with E-state index in [0.29, 0.717) is 5.41 Å². The molecule has 2 aliphatic heterocycles. The van der Waals surface area contributed by atoms with E-state index in [1.165, 1.54) is 75.1 Å². The number of hydrogen-bond donors (Lipinski definition) is 0. The van der Waals surface area contributed by atoms with E-state index < -0.39 is 0 Å². The molecule has 0 unspecified atom stereocenters. The number of hydrogen-bond acceptors (Lipinski definition) is 2. The van der Waals surface area contributed by atoms with Crippen molar-refractivity contribution in [1.82, 2.24) is 9.80 Å². The Balaban J connectivity index is 1.63. The molecule has 22 heavy (non-hydrogen) atoms. The monoisotopic (exact) mass is 298 g/mol. The molecule has 0 radical (unpaired) electrons. The lowest BCUT2D eigenvalue weighted by molar-refractivity contribution is 0.122. The van der Waals surface area contributed by atoms with E-state index in [1.54, 1.807) is 0 Å². The summed E-state index contributed by atoms with van der Waals surface area (Å²) in [7, 11) is 2.27. The smallest absolute Gasteiger partial charge is 0.0366 e. The SMILES string of the molecule is C=C(c1cccc(C)c1)N1CCC2(CCCN(C)CC2)CC1. The first-order valence-electron chi connectivity index (χ1n) is 8.77. The summed E-state index contributed by atoms with van der Waals surface area (Å²) >= 11 is 0. The quantitative estimate of drug-likeness (QED) is 0.809. The maximum atomic E-state index is 4.37. The van der Waals surface area contributed by atoms with Crippen LogP contribution >= 0.6 is 0 Å². The van der Waals surface area contributed by atoms with Crippen LogP contribution in [-0.2, 0) is 0 Å². The van der Waals surface area contributed by atoms with Crippen molar-refractivity contribution in [3.63, 3.8) is 0 Å². The molecule has 120 valence electrons. The Hall–Kier alpha value is -1.28. The molecule has 2 fully saturated rings. The highest BCUT2D eigenvalue weighted by Gasteiger charge is 2.35. The fourth-order valence-corrected chi connectivity index (χ4v) is 4.15. The van der Waals surface area contributed by atoms with Gasteiger partial charge in [-0.2, -0.15) is 0 Å². The highest BCUT2D eigenvalue weighted by atomic mass is 15.1. The summed E-state index contributed by atoms with van der Waals surface area (Å²) in [4.78, 5) is 5.02. The van der Waals surface area contributed by atoms with E-state index in [4.69, 9.17) is 0 Å². The zero-order valence-corrected chi connectivity index (χ0v) is 14.3. The van der Waals surface area contributed by atoms with Gasteiger partial charge < -0.3 is 9.80 Å². The minimum Gasteiger partial charge on any atom is -0.371 e. The zero-order chi connectivity index (χ0) is 15.6. The molecule has 2 heterocycles. The number of benzene rings is 1. The van der Waals surface area contributed by atoms with E-state index in [0.717, 1.165) is 0 Å². The Morgan fingerprint density at radius 3 is 2.50 bits per heavy atom. The van der Waals surface area contributed by atoms with Gasteiger partial charge >= 0.3 is 0 Å². The molecule has 0 saturated carbocycles. The zero-order valence-electron chi connectivity index (χ0n) is 14.3. The van der Waals surface area contributed by atoms with Crippen molar-refractivity contribution < 1.29 is 0 Å². The van der Waals surface area contributed by atoms with E-state index in [-0.39, 0.29) is 0 Å². The maximum Gasteiger partial charge on any atom is 0.0366 e. The third kappa shape index (κ3) is 3.38. The molecule has 1 aromatic carbocycles. The number of rotatable bonds is 2. The number of likely N-dealkylation sites (tertiary alicyclic amines) is 2. The highest BCUT2D eigenvalue weighted by Crippen LogP contribution is 2.42. The summed E-state index contributed by atoms with van der Waals surface area (Å²) < 4.78 is 0. The van der Waals surface area contributed by atoms with Gasteiger partial charge in [0.25, 0.3) is 0 Å². The van der Waals surface area contributed by atoms with Gasteiger partial charge in [0.1, 0.15) is 0 Å². The second kappa shape index (κ2) is 6.45. The Morgan fingerprint density at radius 2 is 1.77 bits per heavy atom. The predicted octanol–water partition coefficient (Wildman–Crippen LogP) is 4.16. The molecule has 0 bridgehead atoms. The van der Waals surface area contributed by atoms with Gasteiger partial charge in [0, 0.05) is 18.8 Å². The van der Waals surface area contributed by atoms with Gasteiger partial charge in [-0.15, -0.1) is 0 Å². The van der Waals surface area contributed by atoms with Gasteiger partial charge in [0.05, 0.1) is 0 Å². The number of nitrogens with zero attached hydrogens (tertiary/aromatic N) is 2. The van der Waals surface area contributed by atoms with Crippen molar-refractivity contribution in [3.05, 3.63) is 42.0 Å². The third-order valence-electron chi connectivity index (χ3n) is 5.83. The molecule has 1 spiro atoms. The maximum absolute atomic E-state index is 4.37. The van der Waals surface area contributed by atoms with E-state index in [9.17, 15) is 0 Å². The van der Waals surface area contributed by atoms with E-state index in [1.807, 2.05) is 0 Å². The first-order valence-corrected chi connectivity index (χ1v) is 8.77. The minimum atomic E-state index is 0.605. The van der Waals surface area contributed by atoms with Crippen LogP contribution in [0.4, 0.5) is 0 Å². The molecule has 0 aliphatic carbocycles. The van der Waals surface area contributed by atoms with Crippen LogP contribution in [0.2, 0.25) is 0 Å². The summed E-state index contributed by atoms with van der Waals surface area (Å²) in [6.07, 6.45) is 6.85. The van der Waals surface area contributed by atoms with Crippen LogP contribution in [0, 0.1) is 12.3 Å². The Bertz CT molecular complexity index is 526. The first kappa shape index (κ1) is 15.6. The van der Waals surface area contributed by atoms with Crippen molar-refractivity contribution in [3.8, 4) is 0 Å². The molecule has 2 heteroatoms. The molecule has 0 aromatic heterocycles. The Labute approximate surface area is 135 Å². The van der Waals surface area contributed by atoms with Crippen LogP contribution in [0.5, 0.6) is 0 Å². The topological polar surface area (TPSA) is 6.48 Å². The lowest BCUT2D eigenvalue weighted by Crippen LogP contribution is -2.39. The van der Waals surface area contributed by atoms with Crippen LogP contribution in [0.15, 0.2) is 30.8 Å². The summed E-state index contributed by atoms with van der Waals surface area (Å²) in [5.74, 6) is 0. The predicted molar refractivity (Wildman–Crippen MR) is 94.8 cm³/mol. The molecular formula is C20H30N2. The molecule has 3 rings (SSSR count). The van der Waals surface area contributed by atoms with Crippen LogP contribution in [0.1, 0.15) is 43.2 Å². The average molecular weight is 298 g/mol. The second-order valence-corrected chi connectivity index (χ2v) is 7.46. The normalized spacial score (nSPS) is 22.5. The molecule has 0 amide bonds. The van der Waals surface area contributed by atoms with Crippen LogP contribution in [-0.4, -0.2) is 43.0 Å². The summed E-state index contributed by atoms with van der Waals surface area (Å²) in [6, 6.07) is 8.75. The lowest BCUT2D eigenvalue weighted by Gasteiger charge is -2.43. The van der Waals surface area contributed by atoms with Crippen LogP contribution in [0.25, 0.3) is 5.70 Å². The van der Waals surface area contributed by atoms with Crippen LogP contribution in [0.3, 0.4) is 0 Å². The first-order chi connectivity index (χ1) is 10.6. The summed E-state index contributed by atoms with van der Waals surface area (Å²) in [5.41, 5.74) is 4.42. The lowest BCUT2D eigenvalue weighted by atomic mass is 9.73. The highest BCUT2D eigenvalue weighted by molar-refractivity contribution is 5.62. The Morgan fingerprint density at radius 1 is 1.05 bits per heavy atom. The largest absolute Gasteiger partial charge is 0.371 e. The van der Waals surface area contributed by atoms with Gasteiger partial charge in [-0.3, -0.25) is 0 Å². The molecular weight excluding hydrogens is 268 g/mol. The molecule has 2 aliphatic rings. The van der Waals surface area contributed by atoms with Crippen molar-refractivity contribution in [1.29, 1.82) is 0 Å². The summed E-state index contributed by atoms with van der Waals surface area (Å²) in [6.45, 7) is 11.4. The van der Waals surface area contributed by atoms with E-state index in [2.05, 4.69) is 54.6 Å². The van der Waals surface area contributed by atoms with Gasteiger partial charge in [0.2, 0.25) is 0 Å². The standard InChI is InChI=1S/C20H30N2/c1-17-6-4-7-19(16-17)18(2)22-14-10-20(11-15-22)8-5-12-21(3)13-9-20/h4,6-7,16H,2,5,8-15H2,1,3H3. The fourth-order valence-electron chi connectivity index (χ4n) is 4.15. The van der Waals surface area contributed by atoms with E-state index >= 15 is 0 Å². The van der Waals surface area contributed by atoms with Crippen LogP contribution < -0.4 is 0 Å². The van der Waals surface area contributed by atoms with Gasteiger partial charge in [0.15, 0.2) is 0 Å². The number of piperidine rings is 1. The van der Waals surface area contributed by atoms with Gasteiger partial charge in [-0.25, -0.2) is 0 Å². The molecule has 2 nitrogen and oxygen atoms in total. The summed E-state index contributed by atoms with van der Waals surface area (Å²) in [5, 5.41) is 0. The molecule has 2 saturated heterocycles. The van der Waals surface area contributed by atoms with Crippen molar-refractivity contribution in [2.45, 2.75) is 39.0 Å². The van der Waals surface area contributed by atoms with Crippen molar-refractivity contribution in [2.24, 2.45) is 5.41 Å². The van der Waals surface area contributed by atoms with Crippen molar-refractivity contribution >= 4 is 5.70 Å². The van der Waals surface area contributed by atoms with Gasteiger partial charge in [-0.1, -0.05) is 30.3 Å². The van der Waals surface area contributed by atoms with Gasteiger partial charge in [-0.05, 0) is 76.2 Å². The third-order valence-corrected chi connectivity index (χ3v) is 5.83. The number of aryl methyl sites for hydroxylation is 1. The second-order valence-electron chi connectivity index (χ2n) is 7.46. The molecule has 1 aromatic rings. The fraction of sp³-hybridized carbons (Fsp3) is 0.600. The molecule has 0 N–H and O–H groups in total.